The van der Waals surface area contributed by atoms with E-state index in [-0.39, 0.29) is 0 Å². The highest BCUT2D eigenvalue weighted by Gasteiger charge is 2.02. The molecule has 1 aromatic carbocycles. The van der Waals surface area contributed by atoms with Gasteiger partial charge in [-0.05, 0) is 6.42 Å². The molecule has 2 rings (SSSR count). The summed E-state index contributed by atoms with van der Waals surface area (Å²) in [7, 11) is 0. The maximum atomic E-state index is 5.64. The molecule has 0 aliphatic rings. The molecule has 2 aromatic rings. The van der Waals surface area contributed by atoms with Crippen molar-refractivity contribution in [1.82, 2.24) is 10.2 Å². The van der Waals surface area contributed by atoms with Crippen molar-refractivity contribution in [2.45, 2.75) is 11.4 Å². The first-order chi connectivity index (χ1) is 7.42. The Hall–Kier alpha value is -0.800. The van der Waals surface area contributed by atoms with Crippen LogP contribution in [-0.2, 0) is 0 Å². The summed E-state index contributed by atoms with van der Waals surface area (Å²) in [5.74, 6) is 1.69. The third kappa shape index (κ3) is 2.61. The largest absolute Gasteiger partial charge is 0.157 e. The lowest BCUT2D eigenvalue weighted by Crippen LogP contribution is -1.89. The lowest BCUT2D eigenvalue weighted by Gasteiger charge is -2.02. The van der Waals surface area contributed by atoms with Gasteiger partial charge in [-0.3, -0.25) is 0 Å². The van der Waals surface area contributed by atoms with Crippen molar-refractivity contribution in [3.63, 3.8) is 0 Å². The van der Waals surface area contributed by atoms with Crippen molar-refractivity contribution in [1.29, 1.82) is 0 Å². The van der Waals surface area contributed by atoms with E-state index in [0.29, 0.717) is 5.88 Å². The average molecular weight is 239 g/mol. The first-order valence-corrected chi connectivity index (χ1v) is 6.33. The van der Waals surface area contributed by atoms with Gasteiger partial charge in [0.15, 0.2) is 0 Å². The van der Waals surface area contributed by atoms with Gasteiger partial charge in [-0.1, -0.05) is 24.3 Å². The zero-order valence-electron chi connectivity index (χ0n) is 8.19. The topological polar surface area (TPSA) is 25.8 Å². The van der Waals surface area contributed by atoms with Crippen molar-refractivity contribution in [3.05, 3.63) is 30.5 Å². The molecule has 0 aliphatic heterocycles. The third-order valence-corrected chi connectivity index (χ3v) is 3.39. The van der Waals surface area contributed by atoms with E-state index in [0.717, 1.165) is 22.6 Å². The first kappa shape index (κ1) is 10.7. The quantitative estimate of drug-likeness (QED) is 0.464. The molecule has 0 radical (unpaired) electrons. The maximum absolute atomic E-state index is 5.64. The first-order valence-electron chi connectivity index (χ1n) is 4.81. The zero-order chi connectivity index (χ0) is 10.5. The molecule has 0 aliphatic carbocycles. The van der Waals surface area contributed by atoms with Crippen LogP contribution in [0.1, 0.15) is 6.42 Å². The van der Waals surface area contributed by atoms with Gasteiger partial charge in [0.1, 0.15) is 5.03 Å². The van der Waals surface area contributed by atoms with Crippen LogP contribution in [0, 0.1) is 0 Å². The minimum Gasteiger partial charge on any atom is -0.157 e. The van der Waals surface area contributed by atoms with Crippen LogP contribution in [-0.4, -0.2) is 21.8 Å². The molecule has 2 nitrogen and oxygen atoms in total. The van der Waals surface area contributed by atoms with Crippen LogP contribution in [0.5, 0.6) is 0 Å². The second-order valence-electron chi connectivity index (χ2n) is 3.13. The summed E-state index contributed by atoms with van der Waals surface area (Å²) >= 11 is 7.35. The standard InChI is InChI=1S/C11H11ClN2S/c12-6-3-7-15-11-10-5-2-1-4-9(10)8-13-14-11/h1-2,4-5,8H,3,6-7H2. The fourth-order valence-electron chi connectivity index (χ4n) is 1.33. The van der Waals surface area contributed by atoms with E-state index < -0.39 is 0 Å². The highest BCUT2D eigenvalue weighted by Crippen LogP contribution is 2.24. The van der Waals surface area contributed by atoms with Crippen molar-refractivity contribution >= 4 is 34.1 Å². The third-order valence-electron chi connectivity index (χ3n) is 2.05. The molecule has 0 saturated carbocycles. The second-order valence-corrected chi connectivity index (χ2v) is 4.59. The summed E-state index contributed by atoms with van der Waals surface area (Å²) in [4.78, 5) is 0. The van der Waals surface area contributed by atoms with Crippen molar-refractivity contribution in [2.24, 2.45) is 0 Å². The summed E-state index contributed by atoms with van der Waals surface area (Å²) in [5.41, 5.74) is 0. The van der Waals surface area contributed by atoms with Crippen LogP contribution < -0.4 is 0 Å². The van der Waals surface area contributed by atoms with E-state index in [4.69, 9.17) is 11.6 Å². The highest BCUT2D eigenvalue weighted by atomic mass is 35.5. The molecule has 15 heavy (non-hydrogen) atoms. The minimum absolute atomic E-state index is 0.700. The van der Waals surface area contributed by atoms with Gasteiger partial charge in [-0.25, -0.2) is 0 Å². The zero-order valence-corrected chi connectivity index (χ0v) is 9.76. The van der Waals surface area contributed by atoms with Crippen molar-refractivity contribution in [3.8, 4) is 0 Å². The van der Waals surface area contributed by atoms with Gasteiger partial charge < -0.3 is 0 Å². The van der Waals surface area contributed by atoms with E-state index in [9.17, 15) is 0 Å². The average Bonchev–Trinajstić information content (AvgIpc) is 2.30. The van der Waals surface area contributed by atoms with E-state index in [1.165, 1.54) is 5.39 Å². The van der Waals surface area contributed by atoms with Crippen LogP contribution in [0.3, 0.4) is 0 Å². The van der Waals surface area contributed by atoms with Gasteiger partial charge in [0.05, 0.1) is 6.20 Å². The number of thioether (sulfide) groups is 1. The van der Waals surface area contributed by atoms with Crippen molar-refractivity contribution in [2.75, 3.05) is 11.6 Å². The Balaban J connectivity index is 2.26. The van der Waals surface area contributed by atoms with Gasteiger partial charge in [-0.15, -0.1) is 28.5 Å². The molecule has 0 fully saturated rings. The molecular weight excluding hydrogens is 228 g/mol. The SMILES string of the molecule is ClCCCSc1nncc2ccccc12. The number of alkyl halides is 1. The molecule has 0 bridgehead atoms. The smallest absolute Gasteiger partial charge is 0.127 e. The van der Waals surface area contributed by atoms with E-state index >= 15 is 0 Å². The predicted molar refractivity (Wildman–Crippen MR) is 65.6 cm³/mol. The normalized spacial score (nSPS) is 10.7. The minimum atomic E-state index is 0.700. The molecule has 78 valence electrons. The van der Waals surface area contributed by atoms with E-state index in [1.807, 2.05) is 12.1 Å². The number of nitrogens with zero attached hydrogens (tertiary/aromatic N) is 2. The monoisotopic (exact) mass is 238 g/mol. The van der Waals surface area contributed by atoms with Crippen LogP contribution in [0.25, 0.3) is 10.8 Å². The van der Waals surface area contributed by atoms with Crippen molar-refractivity contribution < 1.29 is 0 Å². The molecule has 4 heteroatoms. The van der Waals surface area contributed by atoms with Crippen LogP contribution in [0.4, 0.5) is 0 Å². The molecule has 0 saturated heterocycles. The van der Waals surface area contributed by atoms with Gasteiger partial charge in [-0.2, -0.15) is 5.10 Å². The number of hydrogen-bond donors (Lipinski definition) is 0. The number of rotatable bonds is 4. The Bertz CT molecular complexity index is 442. The maximum Gasteiger partial charge on any atom is 0.127 e. The fourth-order valence-corrected chi connectivity index (χ4v) is 2.55. The molecule has 1 heterocycles. The summed E-state index contributed by atoms with van der Waals surface area (Å²) < 4.78 is 0. The van der Waals surface area contributed by atoms with Gasteiger partial charge >= 0.3 is 0 Å². The number of fused-ring (bicyclic) bond motifs is 1. The Labute approximate surface area is 98.0 Å². The summed E-state index contributed by atoms with van der Waals surface area (Å²) in [6, 6.07) is 8.16. The van der Waals surface area contributed by atoms with E-state index in [1.54, 1.807) is 18.0 Å². The highest BCUT2D eigenvalue weighted by molar-refractivity contribution is 7.99. The summed E-state index contributed by atoms with van der Waals surface area (Å²) in [6.45, 7) is 0. The van der Waals surface area contributed by atoms with Gasteiger partial charge in [0, 0.05) is 22.4 Å². The molecule has 0 unspecified atom stereocenters. The Kier molecular flexibility index (Phi) is 3.80. The molecule has 0 atom stereocenters. The molecule has 0 spiro atoms. The van der Waals surface area contributed by atoms with Crippen LogP contribution in [0.15, 0.2) is 35.5 Å². The molecular formula is C11H11ClN2S. The van der Waals surface area contributed by atoms with Crippen LogP contribution in [0.2, 0.25) is 0 Å². The fraction of sp³-hybridized carbons (Fsp3) is 0.273. The summed E-state index contributed by atoms with van der Waals surface area (Å²) in [5, 5.41) is 11.4. The lowest BCUT2D eigenvalue weighted by molar-refractivity contribution is 0.953. The Morgan fingerprint density at radius 2 is 2.13 bits per heavy atom. The number of hydrogen-bond acceptors (Lipinski definition) is 3. The number of aromatic nitrogens is 2. The second kappa shape index (κ2) is 5.33. The molecule has 0 amide bonds. The predicted octanol–water partition coefficient (Wildman–Crippen LogP) is 3.35. The Morgan fingerprint density at radius 1 is 1.27 bits per heavy atom. The number of benzene rings is 1. The lowest BCUT2D eigenvalue weighted by atomic mass is 10.2. The van der Waals surface area contributed by atoms with Crippen LogP contribution >= 0.6 is 23.4 Å². The molecule has 1 aromatic heterocycles. The van der Waals surface area contributed by atoms with Gasteiger partial charge in [0.25, 0.3) is 0 Å². The summed E-state index contributed by atoms with van der Waals surface area (Å²) in [6.07, 6.45) is 2.79. The van der Waals surface area contributed by atoms with E-state index in [2.05, 4.69) is 22.3 Å². The van der Waals surface area contributed by atoms with Gasteiger partial charge in [0.2, 0.25) is 0 Å². The molecule has 0 N–H and O–H groups in total. The Morgan fingerprint density at radius 3 is 3.00 bits per heavy atom. The number of halogens is 1.